The minimum Gasteiger partial charge on any atom is -0.368 e. The van der Waals surface area contributed by atoms with Crippen LogP contribution in [0.5, 0.6) is 0 Å². The number of carbonyl (C=O) groups is 1. The van der Waals surface area contributed by atoms with Crippen LogP contribution in [0.3, 0.4) is 0 Å². The smallest absolute Gasteiger partial charge is 0.234 e. The third kappa shape index (κ3) is 1.48. The van der Waals surface area contributed by atoms with E-state index < -0.39 is 0 Å². The summed E-state index contributed by atoms with van der Waals surface area (Å²) in [7, 11) is 0. The van der Waals surface area contributed by atoms with Crippen molar-refractivity contribution in [3.05, 3.63) is 0 Å². The number of hydrogen-bond donors (Lipinski definition) is 2. The van der Waals surface area contributed by atoms with Gasteiger partial charge < -0.3 is 11.1 Å². The van der Waals surface area contributed by atoms with Gasteiger partial charge in [-0.2, -0.15) is 0 Å². The molecule has 2 atom stereocenters. The molecule has 0 aromatic heterocycles. The first-order chi connectivity index (χ1) is 4.74. The van der Waals surface area contributed by atoms with E-state index in [2.05, 4.69) is 12.2 Å². The first-order valence-electron chi connectivity index (χ1n) is 3.76. The number of carbonyl (C=O) groups excluding carboxylic acids is 1. The van der Waals surface area contributed by atoms with Crippen LogP contribution < -0.4 is 11.1 Å². The van der Waals surface area contributed by atoms with Crippen LogP contribution in [0.2, 0.25) is 0 Å². The highest BCUT2D eigenvalue weighted by molar-refractivity contribution is 5.80. The van der Waals surface area contributed by atoms with E-state index in [0.717, 1.165) is 19.4 Å². The molecule has 1 fully saturated rings. The van der Waals surface area contributed by atoms with E-state index in [1.165, 1.54) is 0 Å². The average molecular weight is 142 g/mol. The molecule has 0 bridgehead atoms. The molecule has 0 aliphatic carbocycles. The van der Waals surface area contributed by atoms with Crippen LogP contribution in [-0.4, -0.2) is 18.5 Å². The molecule has 1 heterocycles. The van der Waals surface area contributed by atoms with Gasteiger partial charge in [0.25, 0.3) is 0 Å². The van der Waals surface area contributed by atoms with E-state index in [1.54, 1.807) is 0 Å². The summed E-state index contributed by atoms with van der Waals surface area (Å²) in [4.78, 5) is 10.6. The summed E-state index contributed by atoms with van der Waals surface area (Å²) in [5, 5.41) is 3.08. The molecular formula is C7H14N2O. The van der Waals surface area contributed by atoms with Crippen molar-refractivity contribution < 1.29 is 4.79 Å². The van der Waals surface area contributed by atoms with Crippen molar-refractivity contribution in [1.29, 1.82) is 0 Å². The van der Waals surface area contributed by atoms with Gasteiger partial charge in [0.05, 0.1) is 6.04 Å². The van der Waals surface area contributed by atoms with Crippen molar-refractivity contribution in [2.45, 2.75) is 25.8 Å². The Morgan fingerprint density at radius 1 is 1.80 bits per heavy atom. The van der Waals surface area contributed by atoms with E-state index in [4.69, 9.17) is 5.73 Å². The number of primary amides is 1. The first-order valence-corrected chi connectivity index (χ1v) is 3.76. The number of nitrogens with one attached hydrogen (secondary N) is 1. The molecule has 1 aliphatic rings. The van der Waals surface area contributed by atoms with E-state index in [0.29, 0.717) is 5.92 Å². The van der Waals surface area contributed by atoms with Crippen LogP contribution in [0.25, 0.3) is 0 Å². The third-order valence-corrected chi connectivity index (χ3v) is 2.14. The highest BCUT2D eigenvalue weighted by Gasteiger charge is 2.25. The normalized spacial score (nSPS) is 32.5. The average Bonchev–Trinajstić information content (AvgIpc) is 2.34. The summed E-state index contributed by atoms with van der Waals surface area (Å²) in [6.45, 7) is 3.08. The fraction of sp³-hybridized carbons (Fsp3) is 0.857. The molecule has 0 radical (unpaired) electrons. The molecule has 1 rings (SSSR count). The summed E-state index contributed by atoms with van der Waals surface area (Å²) in [6.07, 6.45) is 2.06. The van der Waals surface area contributed by atoms with Gasteiger partial charge in [0.1, 0.15) is 0 Å². The molecule has 3 nitrogen and oxygen atoms in total. The SMILES string of the molecule is CCC1CN[C@H](C(N)=O)C1. The molecule has 0 aromatic rings. The van der Waals surface area contributed by atoms with E-state index in [-0.39, 0.29) is 11.9 Å². The van der Waals surface area contributed by atoms with Gasteiger partial charge in [-0.1, -0.05) is 13.3 Å². The highest BCUT2D eigenvalue weighted by Crippen LogP contribution is 2.16. The molecule has 1 amide bonds. The molecule has 0 spiro atoms. The molecule has 3 heteroatoms. The zero-order valence-electron chi connectivity index (χ0n) is 6.26. The van der Waals surface area contributed by atoms with Crippen LogP contribution in [0.4, 0.5) is 0 Å². The topological polar surface area (TPSA) is 55.1 Å². The predicted octanol–water partition coefficient (Wildman–Crippen LogP) is -0.140. The summed E-state index contributed by atoms with van der Waals surface area (Å²) in [5.41, 5.74) is 5.11. The van der Waals surface area contributed by atoms with Crippen molar-refractivity contribution in [2.75, 3.05) is 6.54 Å². The number of amides is 1. The largest absolute Gasteiger partial charge is 0.368 e. The Morgan fingerprint density at radius 2 is 2.50 bits per heavy atom. The molecule has 1 saturated heterocycles. The Kier molecular flexibility index (Phi) is 2.27. The summed E-state index contributed by atoms with van der Waals surface area (Å²) in [6, 6.07) is -0.0649. The number of nitrogens with two attached hydrogens (primary N) is 1. The van der Waals surface area contributed by atoms with Crippen molar-refractivity contribution in [1.82, 2.24) is 5.32 Å². The zero-order chi connectivity index (χ0) is 7.56. The standard InChI is InChI=1S/C7H14N2O/c1-2-5-3-6(7(8)10)9-4-5/h5-6,9H,2-4H2,1H3,(H2,8,10)/t5?,6-/m0/s1. The predicted molar refractivity (Wildman–Crippen MR) is 39.4 cm³/mol. The lowest BCUT2D eigenvalue weighted by atomic mass is 10.0. The van der Waals surface area contributed by atoms with Crippen molar-refractivity contribution in [2.24, 2.45) is 11.7 Å². The lowest BCUT2D eigenvalue weighted by Gasteiger charge is -2.03. The van der Waals surface area contributed by atoms with Crippen LogP contribution in [-0.2, 0) is 4.79 Å². The van der Waals surface area contributed by atoms with Gasteiger partial charge in [0, 0.05) is 0 Å². The van der Waals surface area contributed by atoms with Crippen LogP contribution in [0, 0.1) is 5.92 Å². The Morgan fingerprint density at radius 3 is 2.80 bits per heavy atom. The summed E-state index contributed by atoms with van der Waals surface area (Å²) < 4.78 is 0. The van der Waals surface area contributed by atoms with Crippen LogP contribution >= 0.6 is 0 Å². The summed E-state index contributed by atoms with van der Waals surface area (Å²) in [5.74, 6) is 0.438. The number of rotatable bonds is 2. The third-order valence-electron chi connectivity index (χ3n) is 2.14. The van der Waals surface area contributed by atoms with Crippen molar-refractivity contribution >= 4 is 5.91 Å². The van der Waals surface area contributed by atoms with Gasteiger partial charge in [-0.05, 0) is 18.9 Å². The minimum absolute atomic E-state index is 0.0649. The highest BCUT2D eigenvalue weighted by atomic mass is 16.1. The second-order valence-corrected chi connectivity index (χ2v) is 2.87. The lowest BCUT2D eigenvalue weighted by molar-refractivity contribution is -0.119. The lowest BCUT2D eigenvalue weighted by Crippen LogP contribution is -2.36. The molecule has 1 unspecified atom stereocenters. The quantitative estimate of drug-likeness (QED) is 0.564. The Balaban J connectivity index is 2.35. The van der Waals surface area contributed by atoms with Gasteiger partial charge in [0.15, 0.2) is 0 Å². The fourth-order valence-electron chi connectivity index (χ4n) is 1.34. The monoisotopic (exact) mass is 142 g/mol. The molecule has 58 valence electrons. The van der Waals surface area contributed by atoms with Gasteiger partial charge in [-0.15, -0.1) is 0 Å². The number of hydrogen-bond acceptors (Lipinski definition) is 2. The second kappa shape index (κ2) is 3.01. The maximum atomic E-state index is 10.6. The summed E-state index contributed by atoms with van der Waals surface area (Å²) >= 11 is 0. The molecular weight excluding hydrogens is 128 g/mol. The van der Waals surface area contributed by atoms with Gasteiger partial charge in [-0.3, -0.25) is 4.79 Å². The zero-order valence-corrected chi connectivity index (χ0v) is 6.26. The Hall–Kier alpha value is -0.570. The fourth-order valence-corrected chi connectivity index (χ4v) is 1.34. The molecule has 1 aliphatic heterocycles. The maximum absolute atomic E-state index is 10.6. The van der Waals surface area contributed by atoms with Crippen molar-refractivity contribution in [3.63, 3.8) is 0 Å². The van der Waals surface area contributed by atoms with Crippen LogP contribution in [0.15, 0.2) is 0 Å². The molecule has 3 N–H and O–H groups in total. The van der Waals surface area contributed by atoms with E-state index >= 15 is 0 Å². The Bertz CT molecular complexity index is 136. The second-order valence-electron chi connectivity index (χ2n) is 2.87. The van der Waals surface area contributed by atoms with E-state index in [9.17, 15) is 4.79 Å². The van der Waals surface area contributed by atoms with Gasteiger partial charge in [0.2, 0.25) is 5.91 Å². The molecule has 0 saturated carbocycles. The first kappa shape index (κ1) is 7.54. The Labute approximate surface area is 61.0 Å². The minimum atomic E-state index is -0.212. The molecule has 10 heavy (non-hydrogen) atoms. The van der Waals surface area contributed by atoms with Gasteiger partial charge in [-0.25, -0.2) is 0 Å². The molecule has 0 aromatic carbocycles. The van der Waals surface area contributed by atoms with Gasteiger partial charge >= 0.3 is 0 Å². The van der Waals surface area contributed by atoms with Crippen LogP contribution in [0.1, 0.15) is 19.8 Å². The maximum Gasteiger partial charge on any atom is 0.234 e. The van der Waals surface area contributed by atoms with E-state index in [1.807, 2.05) is 0 Å². The van der Waals surface area contributed by atoms with Crippen molar-refractivity contribution in [3.8, 4) is 0 Å².